The number of guanidine groups is 1. The number of aliphatic imine (C=N–C) groups is 1. The lowest BCUT2D eigenvalue weighted by molar-refractivity contribution is 0.288. The summed E-state index contributed by atoms with van der Waals surface area (Å²) in [7, 11) is 3.24. The van der Waals surface area contributed by atoms with E-state index in [4.69, 9.17) is 14.2 Å². The largest absolute Gasteiger partial charge is 0.493 e. The van der Waals surface area contributed by atoms with E-state index in [1.807, 2.05) is 32.0 Å². The lowest BCUT2D eigenvalue weighted by atomic mass is 10.2. The fourth-order valence-corrected chi connectivity index (χ4v) is 3.05. The lowest BCUT2D eigenvalue weighted by Gasteiger charge is -2.15. The van der Waals surface area contributed by atoms with Crippen molar-refractivity contribution in [2.24, 2.45) is 4.99 Å². The van der Waals surface area contributed by atoms with Crippen LogP contribution in [0.2, 0.25) is 0 Å². The van der Waals surface area contributed by atoms with E-state index in [1.165, 1.54) is 4.88 Å². The molecule has 0 bridgehead atoms. The molecule has 0 atom stereocenters. The minimum absolute atomic E-state index is 0. The topological polar surface area (TPSA) is 64.1 Å². The molecule has 8 heteroatoms. The molecule has 150 valence electrons. The van der Waals surface area contributed by atoms with Gasteiger partial charge in [0.1, 0.15) is 0 Å². The maximum Gasteiger partial charge on any atom is 0.203 e. The quantitative estimate of drug-likeness (QED) is 0.306. The van der Waals surface area contributed by atoms with Gasteiger partial charge in [-0.3, -0.25) is 0 Å². The van der Waals surface area contributed by atoms with E-state index in [1.54, 1.807) is 25.6 Å². The summed E-state index contributed by atoms with van der Waals surface area (Å²) < 4.78 is 16.5. The Balaban J connectivity index is 0.00000364. The monoisotopic (exact) mass is 505 g/mol. The molecule has 2 N–H and O–H groups in total. The Morgan fingerprint density at radius 1 is 1.11 bits per heavy atom. The van der Waals surface area contributed by atoms with E-state index in [-0.39, 0.29) is 24.0 Å². The number of hydrogen-bond donors (Lipinski definition) is 2. The first kappa shape index (κ1) is 23.4. The number of ether oxygens (including phenoxy) is 3. The Morgan fingerprint density at radius 3 is 2.33 bits per heavy atom. The number of nitrogens with zero attached hydrogens (tertiary/aromatic N) is 1. The zero-order chi connectivity index (χ0) is 18.8. The molecule has 0 amide bonds. The van der Waals surface area contributed by atoms with Crippen molar-refractivity contribution in [2.45, 2.75) is 26.9 Å². The maximum absolute atomic E-state index is 5.64. The van der Waals surface area contributed by atoms with Crippen LogP contribution in [0.5, 0.6) is 17.2 Å². The molecule has 2 aromatic rings. The molecule has 0 aliphatic carbocycles. The molecule has 27 heavy (non-hydrogen) atoms. The van der Waals surface area contributed by atoms with Gasteiger partial charge >= 0.3 is 0 Å². The van der Waals surface area contributed by atoms with Gasteiger partial charge < -0.3 is 24.8 Å². The van der Waals surface area contributed by atoms with Crippen LogP contribution in [0, 0.1) is 0 Å². The van der Waals surface area contributed by atoms with E-state index in [0.29, 0.717) is 30.4 Å². The molecular weight excluding hydrogens is 477 g/mol. The summed E-state index contributed by atoms with van der Waals surface area (Å²) >= 11 is 1.72. The molecule has 1 aromatic heterocycles. The van der Waals surface area contributed by atoms with Gasteiger partial charge in [-0.05, 0) is 43.0 Å². The van der Waals surface area contributed by atoms with E-state index < -0.39 is 0 Å². The third kappa shape index (κ3) is 7.10. The highest BCUT2D eigenvalue weighted by atomic mass is 127. The first-order chi connectivity index (χ1) is 12.7. The van der Waals surface area contributed by atoms with E-state index in [0.717, 1.165) is 24.6 Å². The molecular formula is C19H28IN3O3S. The highest BCUT2D eigenvalue weighted by molar-refractivity contribution is 14.0. The van der Waals surface area contributed by atoms with Crippen molar-refractivity contribution in [1.29, 1.82) is 0 Å². The Kier molecular flexibility index (Phi) is 11.0. The summed E-state index contributed by atoms with van der Waals surface area (Å²) in [6.07, 6.45) is 0. The number of hydrogen-bond acceptors (Lipinski definition) is 5. The van der Waals surface area contributed by atoms with E-state index in [9.17, 15) is 0 Å². The summed E-state index contributed by atoms with van der Waals surface area (Å²) in [6, 6.07) is 8.01. The zero-order valence-corrected chi connectivity index (χ0v) is 19.4. The van der Waals surface area contributed by atoms with Crippen LogP contribution in [0.15, 0.2) is 34.6 Å². The number of halogens is 1. The van der Waals surface area contributed by atoms with Crippen LogP contribution in [-0.2, 0) is 13.1 Å². The summed E-state index contributed by atoms with van der Waals surface area (Å²) in [4.78, 5) is 5.92. The maximum atomic E-state index is 5.64. The van der Waals surface area contributed by atoms with Crippen LogP contribution < -0.4 is 24.8 Å². The van der Waals surface area contributed by atoms with Gasteiger partial charge in [-0.25, -0.2) is 4.99 Å². The Morgan fingerprint density at radius 2 is 1.81 bits per heavy atom. The molecule has 1 aromatic carbocycles. The highest BCUT2D eigenvalue weighted by Crippen LogP contribution is 2.38. The van der Waals surface area contributed by atoms with E-state index >= 15 is 0 Å². The number of thiophene rings is 1. The molecule has 6 nitrogen and oxygen atoms in total. The fourth-order valence-electron chi connectivity index (χ4n) is 2.41. The van der Waals surface area contributed by atoms with Crippen molar-refractivity contribution >= 4 is 41.3 Å². The van der Waals surface area contributed by atoms with Crippen molar-refractivity contribution in [3.05, 3.63) is 40.1 Å². The summed E-state index contributed by atoms with van der Waals surface area (Å²) in [6.45, 7) is 6.57. The highest BCUT2D eigenvalue weighted by Gasteiger charge is 2.13. The summed E-state index contributed by atoms with van der Waals surface area (Å²) in [5.41, 5.74) is 0.982. The van der Waals surface area contributed by atoms with Crippen molar-refractivity contribution in [1.82, 2.24) is 10.6 Å². The summed E-state index contributed by atoms with van der Waals surface area (Å²) in [5, 5.41) is 8.67. The molecule has 2 rings (SSSR count). The second-order valence-corrected chi connectivity index (χ2v) is 6.42. The van der Waals surface area contributed by atoms with Crippen LogP contribution in [0.1, 0.15) is 24.3 Å². The van der Waals surface area contributed by atoms with Gasteiger partial charge in [0.15, 0.2) is 17.5 Å². The van der Waals surface area contributed by atoms with Crippen LogP contribution in [-0.4, -0.2) is 33.3 Å². The molecule has 0 aliphatic rings. The van der Waals surface area contributed by atoms with Crippen LogP contribution in [0.4, 0.5) is 0 Å². The molecule has 0 aliphatic heterocycles. The number of nitrogens with one attached hydrogen (secondary N) is 2. The first-order valence-electron chi connectivity index (χ1n) is 8.64. The molecule has 0 saturated heterocycles. The minimum Gasteiger partial charge on any atom is -0.493 e. The van der Waals surface area contributed by atoms with Crippen LogP contribution in [0.25, 0.3) is 0 Å². The second kappa shape index (κ2) is 12.7. The van der Waals surface area contributed by atoms with Gasteiger partial charge in [-0.2, -0.15) is 0 Å². The normalized spacial score (nSPS) is 10.7. The smallest absolute Gasteiger partial charge is 0.203 e. The number of rotatable bonds is 9. The number of benzene rings is 1. The van der Waals surface area contributed by atoms with Gasteiger partial charge in [0, 0.05) is 11.4 Å². The average molecular weight is 505 g/mol. The Labute approximate surface area is 182 Å². The Hall–Kier alpha value is -1.68. The standard InChI is InChI=1S/C19H27N3O3S.HI/c1-5-20-19(22-13-15-8-7-9-26-15)21-12-14-10-16(23-3)18(25-6-2)17(11-14)24-4;/h7-11H,5-6,12-13H2,1-4H3,(H2,20,21,22);1H. The van der Waals surface area contributed by atoms with Crippen molar-refractivity contribution in [3.8, 4) is 17.2 Å². The second-order valence-electron chi connectivity index (χ2n) is 5.39. The van der Waals surface area contributed by atoms with Gasteiger partial charge in [-0.1, -0.05) is 6.07 Å². The average Bonchev–Trinajstić information content (AvgIpc) is 3.18. The molecule has 0 spiro atoms. The van der Waals surface area contributed by atoms with Crippen molar-refractivity contribution < 1.29 is 14.2 Å². The van der Waals surface area contributed by atoms with Gasteiger partial charge in [0.2, 0.25) is 5.75 Å². The SMILES string of the molecule is CCNC(=NCc1cc(OC)c(OCC)c(OC)c1)NCc1cccs1.I. The van der Waals surface area contributed by atoms with Gasteiger partial charge in [-0.15, -0.1) is 35.3 Å². The van der Waals surface area contributed by atoms with Crippen LogP contribution >= 0.6 is 35.3 Å². The zero-order valence-electron chi connectivity index (χ0n) is 16.2. The first-order valence-corrected chi connectivity index (χ1v) is 9.52. The fraction of sp³-hybridized carbons (Fsp3) is 0.421. The third-order valence-corrected chi connectivity index (χ3v) is 4.46. The Bertz CT molecular complexity index is 683. The van der Waals surface area contributed by atoms with E-state index in [2.05, 4.69) is 27.1 Å². The summed E-state index contributed by atoms with van der Waals surface area (Å²) in [5.74, 6) is 2.68. The molecule has 0 fully saturated rings. The van der Waals surface area contributed by atoms with Crippen molar-refractivity contribution in [2.75, 3.05) is 27.4 Å². The molecule has 0 saturated carbocycles. The predicted octanol–water partition coefficient (Wildman–Crippen LogP) is 4.04. The van der Waals surface area contributed by atoms with Crippen LogP contribution in [0.3, 0.4) is 0 Å². The lowest BCUT2D eigenvalue weighted by Crippen LogP contribution is -2.36. The van der Waals surface area contributed by atoms with Crippen molar-refractivity contribution in [3.63, 3.8) is 0 Å². The molecule has 0 unspecified atom stereocenters. The van der Waals surface area contributed by atoms with Gasteiger partial charge in [0.05, 0.1) is 33.9 Å². The van der Waals surface area contributed by atoms with Gasteiger partial charge in [0.25, 0.3) is 0 Å². The molecule has 0 radical (unpaired) electrons. The molecule has 1 heterocycles. The predicted molar refractivity (Wildman–Crippen MR) is 122 cm³/mol. The third-order valence-electron chi connectivity index (χ3n) is 3.58. The number of methoxy groups -OCH3 is 2. The minimum atomic E-state index is 0.